The van der Waals surface area contributed by atoms with E-state index in [0.29, 0.717) is 30.2 Å². The van der Waals surface area contributed by atoms with E-state index >= 15 is 0 Å². The highest BCUT2D eigenvalue weighted by atomic mass is 16.5. The van der Waals surface area contributed by atoms with Crippen LogP contribution in [-0.4, -0.2) is 49.3 Å². The van der Waals surface area contributed by atoms with Gasteiger partial charge in [-0.15, -0.1) is 0 Å². The second-order valence-corrected chi connectivity index (χ2v) is 6.59. The largest absolute Gasteiger partial charge is 0.495 e. The Morgan fingerprint density at radius 3 is 2.59 bits per heavy atom. The van der Waals surface area contributed by atoms with Gasteiger partial charge in [-0.05, 0) is 24.3 Å². The van der Waals surface area contributed by atoms with Gasteiger partial charge >= 0.3 is 0 Å². The highest BCUT2D eigenvalue weighted by molar-refractivity contribution is 6.05. The van der Waals surface area contributed by atoms with Gasteiger partial charge in [-0.25, -0.2) is 9.97 Å². The molecule has 1 amide bonds. The molecule has 4 rings (SSSR count). The Hall–Kier alpha value is -3.45. The van der Waals surface area contributed by atoms with Gasteiger partial charge in [0.15, 0.2) is 0 Å². The summed E-state index contributed by atoms with van der Waals surface area (Å²) < 4.78 is 10.7. The molecule has 2 aromatic carbocycles. The zero-order valence-corrected chi connectivity index (χ0v) is 16.2. The van der Waals surface area contributed by atoms with Crippen LogP contribution >= 0.6 is 0 Å². The SMILES string of the molecule is COc1ccccc1NC(=O)c1ccc(-c2cc(N3CCOCC3)ncn2)cc1. The maximum atomic E-state index is 12.6. The third-order valence-electron chi connectivity index (χ3n) is 4.79. The molecule has 1 aliphatic rings. The number of methoxy groups -OCH3 is 1. The van der Waals surface area contributed by atoms with E-state index in [4.69, 9.17) is 9.47 Å². The first-order valence-electron chi connectivity index (χ1n) is 9.44. The zero-order valence-electron chi connectivity index (χ0n) is 16.2. The van der Waals surface area contributed by atoms with Crippen LogP contribution in [0.4, 0.5) is 11.5 Å². The first-order valence-corrected chi connectivity index (χ1v) is 9.44. The van der Waals surface area contributed by atoms with Crippen LogP contribution in [0.5, 0.6) is 5.75 Å². The molecule has 0 radical (unpaired) electrons. The molecular formula is C22H22N4O3. The Morgan fingerprint density at radius 1 is 1.07 bits per heavy atom. The topological polar surface area (TPSA) is 76.6 Å². The van der Waals surface area contributed by atoms with E-state index in [-0.39, 0.29) is 5.91 Å². The Morgan fingerprint density at radius 2 is 1.83 bits per heavy atom. The van der Waals surface area contributed by atoms with E-state index in [9.17, 15) is 4.79 Å². The van der Waals surface area contributed by atoms with Gasteiger partial charge in [0.05, 0.1) is 31.7 Å². The highest BCUT2D eigenvalue weighted by Crippen LogP contribution is 2.25. The van der Waals surface area contributed by atoms with Crippen LogP contribution < -0.4 is 15.0 Å². The summed E-state index contributed by atoms with van der Waals surface area (Å²) >= 11 is 0. The van der Waals surface area contributed by atoms with E-state index in [1.54, 1.807) is 37.7 Å². The monoisotopic (exact) mass is 390 g/mol. The lowest BCUT2D eigenvalue weighted by Crippen LogP contribution is -2.36. The minimum Gasteiger partial charge on any atom is -0.495 e. The van der Waals surface area contributed by atoms with E-state index < -0.39 is 0 Å². The lowest BCUT2D eigenvalue weighted by atomic mass is 10.1. The second-order valence-electron chi connectivity index (χ2n) is 6.59. The summed E-state index contributed by atoms with van der Waals surface area (Å²) in [5, 5.41) is 2.88. The normalized spacial score (nSPS) is 13.8. The number of benzene rings is 2. The number of nitrogens with zero attached hydrogens (tertiary/aromatic N) is 3. The van der Waals surface area contributed by atoms with Crippen LogP contribution in [0.1, 0.15) is 10.4 Å². The molecule has 148 valence electrons. The predicted octanol–water partition coefficient (Wildman–Crippen LogP) is 3.24. The van der Waals surface area contributed by atoms with Crippen molar-refractivity contribution in [3.63, 3.8) is 0 Å². The molecule has 7 heteroatoms. The molecule has 2 heterocycles. The van der Waals surface area contributed by atoms with Crippen molar-refractivity contribution in [2.75, 3.05) is 43.6 Å². The average molecular weight is 390 g/mol. The number of amides is 1. The highest BCUT2D eigenvalue weighted by Gasteiger charge is 2.14. The van der Waals surface area contributed by atoms with Crippen LogP contribution in [0.3, 0.4) is 0 Å². The third kappa shape index (κ3) is 4.35. The van der Waals surface area contributed by atoms with E-state index in [1.165, 1.54) is 0 Å². The fourth-order valence-corrected chi connectivity index (χ4v) is 3.21. The van der Waals surface area contributed by atoms with Gasteiger partial charge in [0.1, 0.15) is 17.9 Å². The van der Waals surface area contributed by atoms with Crippen molar-refractivity contribution in [3.05, 3.63) is 66.5 Å². The number of hydrogen-bond acceptors (Lipinski definition) is 6. The fraction of sp³-hybridized carbons (Fsp3) is 0.227. The van der Waals surface area contributed by atoms with E-state index in [1.807, 2.05) is 30.3 Å². The minimum absolute atomic E-state index is 0.197. The van der Waals surface area contributed by atoms with Crippen LogP contribution in [0.15, 0.2) is 60.9 Å². The third-order valence-corrected chi connectivity index (χ3v) is 4.79. The number of para-hydroxylation sites is 2. The summed E-state index contributed by atoms with van der Waals surface area (Å²) in [6.07, 6.45) is 1.57. The summed E-state index contributed by atoms with van der Waals surface area (Å²) in [5.74, 6) is 1.31. The van der Waals surface area contributed by atoms with Gasteiger partial charge in [0.25, 0.3) is 5.91 Å². The standard InChI is InChI=1S/C22H22N4O3/c1-28-20-5-3-2-4-18(20)25-22(27)17-8-6-16(7-9-17)19-14-21(24-15-23-19)26-10-12-29-13-11-26/h2-9,14-15H,10-13H2,1H3,(H,25,27). The van der Waals surface area contributed by atoms with Gasteiger partial charge in [-0.1, -0.05) is 24.3 Å². The maximum Gasteiger partial charge on any atom is 0.255 e. The number of morpholine rings is 1. The molecule has 0 saturated carbocycles. The van der Waals surface area contributed by atoms with Crippen LogP contribution in [0.25, 0.3) is 11.3 Å². The summed E-state index contributed by atoms with van der Waals surface area (Å²) in [7, 11) is 1.58. The molecule has 29 heavy (non-hydrogen) atoms. The fourth-order valence-electron chi connectivity index (χ4n) is 3.21. The van der Waals surface area contributed by atoms with Gasteiger partial charge in [-0.2, -0.15) is 0 Å². The molecule has 0 unspecified atom stereocenters. The van der Waals surface area contributed by atoms with E-state index in [0.717, 1.165) is 30.2 Å². The summed E-state index contributed by atoms with van der Waals surface area (Å²) in [6.45, 7) is 3.04. The predicted molar refractivity (Wildman–Crippen MR) is 111 cm³/mol. The quantitative estimate of drug-likeness (QED) is 0.721. The number of anilines is 2. The van der Waals surface area contributed by atoms with Crippen molar-refractivity contribution < 1.29 is 14.3 Å². The smallest absolute Gasteiger partial charge is 0.255 e. The molecule has 1 aliphatic heterocycles. The van der Waals surface area contributed by atoms with Gasteiger partial charge < -0.3 is 19.7 Å². The van der Waals surface area contributed by atoms with Crippen molar-refractivity contribution in [3.8, 4) is 17.0 Å². The molecular weight excluding hydrogens is 368 g/mol. The first kappa shape index (κ1) is 18.9. The summed E-state index contributed by atoms with van der Waals surface area (Å²) in [4.78, 5) is 23.5. The van der Waals surface area contributed by atoms with Crippen molar-refractivity contribution >= 4 is 17.4 Å². The van der Waals surface area contributed by atoms with Gasteiger partial charge in [-0.3, -0.25) is 4.79 Å². The maximum absolute atomic E-state index is 12.6. The zero-order chi connectivity index (χ0) is 20.1. The first-order chi connectivity index (χ1) is 14.2. The number of carbonyl (C=O) groups is 1. The van der Waals surface area contributed by atoms with Gasteiger partial charge in [0.2, 0.25) is 0 Å². The average Bonchev–Trinajstić information content (AvgIpc) is 2.80. The Bertz CT molecular complexity index is 985. The van der Waals surface area contributed by atoms with E-state index in [2.05, 4.69) is 20.2 Å². The molecule has 1 saturated heterocycles. The number of hydrogen-bond donors (Lipinski definition) is 1. The van der Waals surface area contributed by atoms with Crippen LogP contribution in [-0.2, 0) is 4.74 Å². The number of rotatable bonds is 5. The number of ether oxygens (including phenoxy) is 2. The van der Waals surface area contributed by atoms with Crippen molar-refractivity contribution in [2.45, 2.75) is 0 Å². The van der Waals surface area contributed by atoms with Crippen LogP contribution in [0.2, 0.25) is 0 Å². The van der Waals surface area contributed by atoms with Crippen molar-refractivity contribution in [1.29, 1.82) is 0 Å². The Balaban J connectivity index is 1.50. The molecule has 0 bridgehead atoms. The summed E-state index contributed by atoms with van der Waals surface area (Å²) in [6, 6.07) is 16.6. The Kier molecular flexibility index (Phi) is 5.67. The van der Waals surface area contributed by atoms with Crippen molar-refractivity contribution in [2.24, 2.45) is 0 Å². The molecule has 7 nitrogen and oxygen atoms in total. The molecule has 3 aromatic rings. The lowest BCUT2D eigenvalue weighted by Gasteiger charge is -2.27. The van der Waals surface area contributed by atoms with Crippen LogP contribution in [0, 0.1) is 0 Å². The lowest BCUT2D eigenvalue weighted by molar-refractivity contribution is 0.102. The van der Waals surface area contributed by atoms with Crippen molar-refractivity contribution in [1.82, 2.24) is 9.97 Å². The Labute approximate surface area is 169 Å². The number of aromatic nitrogens is 2. The number of nitrogens with one attached hydrogen (secondary N) is 1. The van der Waals surface area contributed by atoms with Gasteiger partial charge in [0, 0.05) is 30.3 Å². The molecule has 1 fully saturated rings. The minimum atomic E-state index is -0.197. The molecule has 1 N–H and O–H groups in total. The molecule has 0 spiro atoms. The molecule has 0 atom stereocenters. The molecule has 1 aromatic heterocycles. The number of carbonyl (C=O) groups excluding carboxylic acids is 1. The molecule has 0 aliphatic carbocycles. The summed E-state index contributed by atoms with van der Waals surface area (Å²) in [5.41, 5.74) is 2.94. The second kappa shape index (κ2) is 8.70.